The monoisotopic (exact) mass is 314 g/mol. The number of ketones is 1. The molecule has 0 spiro atoms. The Morgan fingerprint density at radius 2 is 2.09 bits per heavy atom. The van der Waals surface area contributed by atoms with Crippen molar-refractivity contribution in [3.63, 3.8) is 0 Å². The molecule has 1 nitrogen and oxygen atoms in total. The van der Waals surface area contributed by atoms with Crippen molar-refractivity contribution in [1.82, 2.24) is 0 Å². The van der Waals surface area contributed by atoms with Crippen LogP contribution in [0.1, 0.15) is 56.6 Å². The number of carbonyl (C=O) groups excluding carboxylic acids is 1. The molecule has 0 aliphatic heterocycles. The van der Waals surface area contributed by atoms with Gasteiger partial charge in [0.05, 0.1) is 0 Å². The average molecular weight is 314 g/mol. The SMILES string of the molecule is C=CCC(C/C=C/CCC1(c2ccc(F)c(C)c2)CC1)C(C)=O. The highest BCUT2D eigenvalue weighted by molar-refractivity contribution is 5.78. The number of rotatable bonds is 9. The predicted octanol–water partition coefficient (Wildman–Crippen LogP) is 5.67. The molecule has 0 heterocycles. The fourth-order valence-electron chi connectivity index (χ4n) is 3.18. The van der Waals surface area contributed by atoms with E-state index in [1.807, 2.05) is 25.1 Å². The van der Waals surface area contributed by atoms with Crippen LogP contribution in [0.25, 0.3) is 0 Å². The lowest BCUT2D eigenvalue weighted by molar-refractivity contribution is -0.120. The molecule has 2 rings (SSSR count). The number of hydrogen-bond donors (Lipinski definition) is 0. The van der Waals surface area contributed by atoms with E-state index >= 15 is 0 Å². The van der Waals surface area contributed by atoms with Crippen LogP contribution < -0.4 is 0 Å². The second-order valence-corrected chi connectivity index (χ2v) is 6.82. The van der Waals surface area contributed by atoms with Gasteiger partial charge in [0, 0.05) is 5.92 Å². The molecule has 1 aromatic rings. The van der Waals surface area contributed by atoms with Crippen LogP contribution in [0.5, 0.6) is 0 Å². The van der Waals surface area contributed by atoms with Crippen molar-refractivity contribution in [3.8, 4) is 0 Å². The zero-order chi connectivity index (χ0) is 16.9. The third-order valence-electron chi connectivity index (χ3n) is 5.03. The van der Waals surface area contributed by atoms with Gasteiger partial charge in [0.15, 0.2) is 0 Å². The maximum atomic E-state index is 13.4. The van der Waals surface area contributed by atoms with Crippen molar-refractivity contribution in [3.05, 3.63) is 60.0 Å². The second kappa shape index (κ2) is 7.72. The van der Waals surface area contributed by atoms with Crippen molar-refractivity contribution in [2.45, 2.75) is 57.8 Å². The summed E-state index contributed by atoms with van der Waals surface area (Å²) in [7, 11) is 0. The van der Waals surface area contributed by atoms with Gasteiger partial charge in [-0.1, -0.05) is 30.4 Å². The molecule has 0 bridgehead atoms. The van der Waals surface area contributed by atoms with Gasteiger partial charge in [-0.15, -0.1) is 6.58 Å². The summed E-state index contributed by atoms with van der Waals surface area (Å²) in [6.07, 6.45) is 12.2. The van der Waals surface area contributed by atoms with E-state index in [9.17, 15) is 9.18 Å². The fourth-order valence-corrected chi connectivity index (χ4v) is 3.18. The smallest absolute Gasteiger partial charge is 0.133 e. The third kappa shape index (κ3) is 4.63. The molecule has 1 unspecified atom stereocenters. The van der Waals surface area contributed by atoms with Gasteiger partial charge in [-0.25, -0.2) is 4.39 Å². The number of halogens is 1. The van der Waals surface area contributed by atoms with Crippen LogP contribution in [0.4, 0.5) is 4.39 Å². The summed E-state index contributed by atoms with van der Waals surface area (Å²) in [5.41, 5.74) is 2.26. The topological polar surface area (TPSA) is 17.1 Å². The summed E-state index contributed by atoms with van der Waals surface area (Å²) < 4.78 is 13.4. The highest BCUT2D eigenvalue weighted by atomic mass is 19.1. The maximum absolute atomic E-state index is 13.4. The first-order valence-corrected chi connectivity index (χ1v) is 8.51. The molecule has 1 saturated carbocycles. The highest BCUT2D eigenvalue weighted by Gasteiger charge is 2.43. The Kier molecular flexibility index (Phi) is 5.92. The number of aryl methyl sites for hydroxylation is 1. The molecule has 2 heteroatoms. The van der Waals surface area contributed by atoms with Gasteiger partial charge in [-0.3, -0.25) is 4.79 Å². The molecular formula is C21H27FO. The Hall–Kier alpha value is -1.70. The van der Waals surface area contributed by atoms with Gasteiger partial charge in [-0.05, 0) is 75.0 Å². The Balaban J connectivity index is 1.85. The molecule has 1 fully saturated rings. The van der Waals surface area contributed by atoms with Crippen molar-refractivity contribution >= 4 is 5.78 Å². The number of carbonyl (C=O) groups is 1. The minimum Gasteiger partial charge on any atom is -0.300 e. The van der Waals surface area contributed by atoms with E-state index in [2.05, 4.69) is 18.7 Å². The first kappa shape index (κ1) is 17.7. The van der Waals surface area contributed by atoms with E-state index in [1.54, 1.807) is 13.0 Å². The van der Waals surface area contributed by atoms with Crippen molar-refractivity contribution in [2.75, 3.05) is 0 Å². The standard InChI is InChI=1S/C21H27FO/c1-4-8-18(17(3)23)9-6-5-7-12-21(13-14-21)19-10-11-20(22)16(2)15-19/h4-6,10-11,15,18H,1,7-9,12-14H2,2-3H3/b6-5+. The average Bonchev–Trinajstić information content (AvgIpc) is 3.29. The predicted molar refractivity (Wildman–Crippen MR) is 94.0 cm³/mol. The summed E-state index contributed by atoms with van der Waals surface area (Å²) in [6.45, 7) is 7.19. The lowest BCUT2D eigenvalue weighted by Crippen LogP contribution is -2.08. The van der Waals surface area contributed by atoms with Gasteiger partial charge in [-0.2, -0.15) is 0 Å². The van der Waals surface area contributed by atoms with Crippen LogP contribution in [-0.2, 0) is 10.2 Å². The molecule has 23 heavy (non-hydrogen) atoms. The molecule has 1 atom stereocenters. The Morgan fingerprint density at radius 3 is 2.65 bits per heavy atom. The van der Waals surface area contributed by atoms with Crippen LogP contribution >= 0.6 is 0 Å². The summed E-state index contributed by atoms with van der Waals surface area (Å²) in [6, 6.07) is 5.53. The van der Waals surface area contributed by atoms with Crippen molar-refractivity contribution in [2.24, 2.45) is 5.92 Å². The minimum absolute atomic E-state index is 0.0679. The van der Waals surface area contributed by atoms with Crippen molar-refractivity contribution in [1.29, 1.82) is 0 Å². The van der Waals surface area contributed by atoms with E-state index in [1.165, 1.54) is 18.4 Å². The summed E-state index contributed by atoms with van der Waals surface area (Å²) in [5.74, 6) is 0.176. The van der Waals surface area contributed by atoms with E-state index in [0.717, 1.165) is 31.2 Å². The van der Waals surface area contributed by atoms with Crippen LogP contribution in [0.3, 0.4) is 0 Å². The van der Waals surface area contributed by atoms with Crippen LogP contribution in [0.2, 0.25) is 0 Å². The molecule has 1 aliphatic carbocycles. The first-order chi connectivity index (χ1) is 11.0. The van der Waals surface area contributed by atoms with Crippen LogP contribution in [0.15, 0.2) is 43.0 Å². The Morgan fingerprint density at radius 1 is 1.35 bits per heavy atom. The molecule has 0 saturated heterocycles. The van der Waals surface area contributed by atoms with Gasteiger partial charge in [0.2, 0.25) is 0 Å². The van der Waals surface area contributed by atoms with E-state index in [-0.39, 0.29) is 22.9 Å². The summed E-state index contributed by atoms with van der Waals surface area (Å²) in [5, 5.41) is 0. The second-order valence-electron chi connectivity index (χ2n) is 6.82. The molecule has 0 amide bonds. The molecule has 0 radical (unpaired) electrons. The molecule has 1 aromatic carbocycles. The minimum atomic E-state index is -0.123. The van der Waals surface area contributed by atoms with E-state index < -0.39 is 0 Å². The number of Topliss-reactive ketones (excluding diaryl/α,β-unsaturated/α-hetero) is 1. The normalized spacial score (nSPS) is 17.2. The molecule has 0 N–H and O–H groups in total. The molecular weight excluding hydrogens is 287 g/mol. The molecule has 0 aromatic heterocycles. The first-order valence-electron chi connectivity index (χ1n) is 8.51. The van der Waals surface area contributed by atoms with Gasteiger partial charge in [0.1, 0.15) is 11.6 Å². The Bertz CT molecular complexity index is 596. The van der Waals surface area contributed by atoms with E-state index in [0.29, 0.717) is 0 Å². The van der Waals surface area contributed by atoms with E-state index in [4.69, 9.17) is 0 Å². The zero-order valence-electron chi connectivity index (χ0n) is 14.3. The third-order valence-corrected chi connectivity index (χ3v) is 5.03. The summed E-state index contributed by atoms with van der Waals surface area (Å²) >= 11 is 0. The summed E-state index contributed by atoms with van der Waals surface area (Å²) in [4.78, 5) is 11.5. The zero-order valence-corrected chi connectivity index (χ0v) is 14.3. The lowest BCUT2D eigenvalue weighted by atomic mass is 9.89. The number of allylic oxidation sites excluding steroid dienone is 3. The Labute approximate surface area is 139 Å². The van der Waals surface area contributed by atoms with Crippen LogP contribution in [0, 0.1) is 18.7 Å². The number of benzene rings is 1. The quantitative estimate of drug-likeness (QED) is 0.536. The largest absolute Gasteiger partial charge is 0.300 e. The highest BCUT2D eigenvalue weighted by Crippen LogP contribution is 2.52. The van der Waals surface area contributed by atoms with Gasteiger partial charge in [0.25, 0.3) is 0 Å². The molecule has 1 aliphatic rings. The number of hydrogen-bond acceptors (Lipinski definition) is 1. The van der Waals surface area contributed by atoms with Crippen LogP contribution in [-0.4, -0.2) is 5.78 Å². The molecule has 124 valence electrons. The lowest BCUT2D eigenvalue weighted by Gasteiger charge is -2.15. The fraction of sp³-hybridized carbons (Fsp3) is 0.476. The van der Waals surface area contributed by atoms with Gasteiger partial charge >= 0.3 is 0 Å². The maximum Gasteiger partial charge on any atom is 0.133 e. The van der Waals surface area contributed by atoms with Gasteiger partial charge < -0.3 is 0 Å². The van der Waals surface area contributed by atoms with Crippen molar-refractivity contribution < 1.29 is 9.18 Å².